The van der Waals surface area contributed by atoms with E-state index in [1.54, 1.807) is 55.7 Å². The summed E-state index contributed by atoms with van der Waals surface area (Å²) < 4.78 is 5.91. The highest BCUT2D eigenvalue weighted by molar-refractivity contribution is 6.13. The molecule has 0 aliphatic rings. The Morgan fingerprint density at radius 3 is 2.40 bits per heavy atom. The molecular formula is C25H24N2O3. The number of rotatable bonds is 9. The highest BCUT2D eigenvalue weighted by Gasteiger charge is 2.31. The van der Waals surface area contributed by atoms with Crippen molar-refractivity contribution < 1.29 is 14.3 Å². The molecule has 5 nitrogen and oxygen atoms in total. The lowest BCUT2D eigenvalue weighted by Gasteiger charge is -2.19. The highest BCUT2D eigenvalue weighted by atomic mass is 16.5. The number of aromatic nitrogens is 1. The van der Waals surface area contributed by atoms with Crippen molar-refractivity contribution in [2.75, 3.05) is 5.32 Å². The zero-order valence-corrected chi connectivity index (χ0v) is 16.8. The Hall–Kier alpha value is -3.73. The van der Waals surface area contributed by atoms with Crippen molar-refractivity contribution in [2.24, 2.45) is 5.92 Å². The molecule has 1 N–H and O–H groups in total. The van der Waals surface area contributed by atoms with Crippen LogP contribution in [0.4, 0.5) is 5.69 Å². The minimum atomic E-state index is -0.969. The quantitative estimate of drug-likeness (QED) is 0.415. The van der Waals surface area contributed by atoms with Gasteiger partial charge in [0, 0.05) is 18.3 Å². The number of nitrogens with one attached hydrogen (secondary N) is 1. The number of ketones is 1. The first-order valence-corrected chi connectivity index (χ1v) is 9.73. The van der Waals surface area contributed by atoms with Gasteiger partial charge in [-0.05, 0) is 35.4 Å². The molecule has 0 aliphatic heterocycles. The molecular weight excluding hydrogens is 376 g/mol. The Balaban J connectivity index is 1.82. The molecule has 0 saturated carbocycles. The minimum absolute atomic E-state index is 0.226. The summed E-state index contributed by atoms with van der Waals surface area (Å²) >= 11 is 0. The summed E-state index contributed by atoms with van der Waals surface area (Å²) in [6.45, 7) is 5.78. The van der Waals surface area contributed by atoms with E-state index < -0.39 is 17.7 Å². The maximum Gasteiger partial charge on any atom is 0.239 e. The van der Waals surface area contributed by atoms with Crippen LogP contribution >= 0.6 is 0 Å². The number of nitrogens with zero attached hydrogens (tertiary/aromatic N) is 1. The van der Waals surface area contributed by atoms with E-state index in [1.165, 1.54) is 0 Å². The summed E-state index contributed by atoms with van der Waals surface area (Å²) in [6.07, 6.45) is 4.68. The van der Waals surface area contributed by atoms with E-state index in [-0.39, 0.29) is 5.78 Å². The standard InChI is InChI=1S/C25H24N2O3/c1-3-18(2)24(28)23(20-13-15-26-16-14-20)25(29)27-21-11-7-8-12-22(21)30-17-19-9-5-4-6-10-19/h3-16,18,23H,1,17H2,2H3,(H,27,29). The van der Waals surface area contributed by atoms with Crippen LogP contribution in [0.2, 0.25) is 0 Å². The molecule has 1 aromatic heterocycles. The van der Waals surface area contributed by atoms with Crippen molar-refractivity contribution in [1.29, 1.82) is 0 Å². The van der Waals surface area contributed by atoms with Gasteiger partial charge in [0.2, 0.25) is 5.91 Å². The molecule has 2 atom stereocenters. The maximum absolute atomic E-state index is 13.2. The molecule has 1 amide bonds. The van der Waals surface area contributed by atoms with E-state index in [9.17, 15) is 9.59 Å². The first kappa shape index (κ1) is 21.0. The number of benzene rings is 2. The second kappa shape index (κ2) is 10.2. The third-order valence-electron chi connectivity index (χ3n) is 4.77. The number of hydrogen-bond donors (Lipinski definition) is 1. The highest BCUT2D eigenvalue weighted by Crippen LogP contribution is 2.28. The van der Waals surface area contributed by atoms with Crippen molar-refractivity contribution in [3.63, 3.8) is 0 Å². The molecule has 0 radical (unpaired) electrons. The average Bonchev–Trinajstić information content (AvgIpc) is 2.79. The number of carbonyl (C=O) groups excluding carboxylic acids is 2. The molecule has 30 heavy (non-hydrogen) atoms. The summed E-state index contributed by atoms with van der Waals surface area (Å²) in [5, 5.41) is 2.87. The van der Waals surface area contributed by atoms with E-state index in [4.69, 9.17) is 4.74 Å². The molecule has 0 saturated heterocycles. The smallest absolute Gasteiger partial charge is 0.239 e. The van der Waals surface area contributed by atoms with Gasteiger partial charge in [0.25, 0.3) is 0 Å². The number of Topliss-reactive ketones (excluding diaryl/α,β-unsaturated/α-hetero) is 1. The third-order valence-corrected chi connectivity index (χ3v) is 4.77. The molecule has 0 spiro atoms. The van der Waals surface area contributed by atoms with Gasteiger partial charge in [-0.3, -0.25) is 14.6 Å². The number of hydrogen-bond acceptors (Lipinski definition) is 4. The van der Waals surface area contributed by atoms with Crippen molar-refractivity contribution in [3.05, 3.63) is 103 Å². The topological polar surface area (TPSA) is 68.3 Å². The molecule has 2 aromatic carbocycles. The summed E-state index contributed by atoms with van der Waals surface area (Å²) in [4.78, 5) is 30.1. The summed E-state index contributed by atoms with van der Waals surface area (Å²) in [7, 11) is 0. The predicted octanol–water partition coefficient (Wildman–Crippen LogP) is 4.77. The number of pyridine rings is 1. The van der Waals surface area contributed by atoms with Gasteiger partial charge in [0.15, 0.2) is 5.78 Å². The van der Waals surface area contributed by atoms with Crippen LogP contribution in [0.15, 0.2) is 91.8 Å². The van der Waals surface area contributed by atoms with Crippen LogP contribution in [0.1, 0.15) is 24.0 Å². The number of allylic oxidation sites excluding steroid dienone is 1. The van der Waals surface area contributed by atoms with Crippen LogP contribution in [-0.2, 0) is 16.2 Å². The fourth-order valence-electron chi connectivity index (χ4n) is 3.02. The van der Waals surface area contributed by atoms with Gasteiger partial charge in [-0.1, -0.05) is 55.5 Å². The Morgan fingerprint density at radius 2 is 1.70 bits per heavy atom. The van der Waals surface area contributed by atoms with Crippen LogP contribution in [-0.4, -0.2) is 16.7 Å². The molecule has 0 bridgehead atoms. The minimum Gasteiger partial charge on any atom is -0.487 e. The van der Waals surface area contributed by atoms with E-state index in [0.29, 0.717) is 23.6 Å². The molecule has 5 heteroatoms. The van der Waals surface area contributed by atoms with Crippen molar-refractivity contribution in [1.82, 2.24) is 4.98 Å². The number of amides is 1. The first-order valence-electron chi connectivity index (χ1n) is 9.73. The van der Waals surface area contributed by atoms with Gasteiger partial charge >= 0.3 is 0 Å². The van der Waals surface area contributed by atoms with E-state index in [2.05, 4.69) is 16.9 Å². The average molecular weight is 400 g/mol. The zero-order valence-electron chi connectivity index (χ0n) is 16.8. The van der Waals surface area contributed by atoms with Crippen molar-refractivity contribution in [2.45, 2.75) is 19.4 Å². The Labute approximate surface area is 176 Å². The third kappa shape index (κ3) is 5.20. The SMILES string of the molecule is C=CC(C)C(=O)C(C(=O)Nc1ccccc1OCc1ccccc1)c1ccncc1. The van der Waals surface area contributed by atoms with E-state index >= 15 is 0 Å². The van der Waals surface area contributed by atoms with Crippen LogP contribution in [0.3, 0.4) is 0 Å². The molecule has 3 rings (SSSR count). The van der Waals surface area contributed by atoms with Crippen LogP contribution in [0.25, 0.3) is 0 Å². The molecule has 152 valence electrons. The van der Waals surface area contributed by atoms with Crippen LogP contribution in [0, 0.1) is 5.92 Å². The lowest BCUT2D eigenvalue weighted by Crippen LogP contribution is -2.31. The fourth-order valence-corrected chi connectivity index (χ4v) is 3.02. The van der Waals surface area contributed by atoms with Crippen LogP contribution < -0.4 is 10.1 Å². The Bertz CT molecular complexity index is 1000. The van der Waals surface area contributed by atoms with Crippen molar-refractivity contribution in [3.8, 4) is 5.75 Å². The van der Waals surface area contributed by atoms with Crippen molar-refractivity contribution >= 4 is 17.4 Å². The molecule has 1 heterocycles. The molecule has 0 aliphatic carbocycles. The predicted molar refractivity (Wildman–Crippen MR) is 117 cm³/mol. The number of anilines is 1. The summed E-state index contributed by atoms with van der Waals surface area (Å²) in [6, 6.07) is 20.3. The maximum atomic E-state index is 13.2. The lowest BCUT2D eigenvalue weighted by molar-refractivity contribution is -0.129. The van der Waals surface area contributed by atoms with Gasteiger partial charge in [0.1, 0.15) is 18.3 Å². The second-order valence-electron chi connectivity index (χ2n) is 6.90. The lowest BCUT2D eigenvalue weighted by atomic mass is 9.87. The van der Waals surface area contributed by atoms with Gasteiger partial charge < -0.3 is 10.1 Å². The monoisotopic (exact) mass is 400 g/mol. The number of para-hydroxylation sites is 2. The number of ether oxygens (including phenoxy) is 1. The van der Waals surface area contributed by atoms with E-state index in [0.717, 1.165) is 5.56 Å². The first-order chi connectivity index (χ1) is 14.6. The normalized spacial score (nSPS) is 12.4. The van der Waals surface area contributed by atoms with Crippen LogP contribution in [0.5, 0.6) is 5.75 Å². The zero-order chi connectivity index (χ0) is 21.3. The van der Waals surface area contributed by atoms with Gasteiger partial charge in [0.05, 0.1) is 5.69 Å². The largest absolute Gasteiger partial charge is 0.487 e. The van der Waals surface area contributed by atoms with Gasteiger partial charge in [-0.25, -0.2) is 0 Å². The van der Waals surface area contributed by atoms with Gasteiger partial charge in [-0.2, -0.15) is 0 Å². The fraction of sp³-hybridized carbons (Fsp3) is 0.160. The van der Waals surface area contributed by atoms with E-state index in [1.807, 2.05) is 36.4 Å². The molecule has 2 unspecified atom stereocenters. The second-order valence-corrected chi connectivity index (χ2v) is 6.90. The summed E-state index contributed by atoms with van der Waals surface area (Å²) in [5.41, 5.74) is 2.11. The Kier molecular flexibility index (Phi) is 7.11. The van der Waals surface area contributed by atoms with Gasteiger partial charge in [-0.15, -0.1) is 6.58 Å². The molecule has 0 fully saturated rings. The number of carbonyl (C=O) groups is 2. The summed E-state index contributed by atoms with van der Waals surface area (Å²) in [5.74, 6) is -1.54. The molecule has 3 aromatic rings. The Morgan fingerprint density at radius 1 is 1.03 bits per heavy atom.